The minimum atomic E-state index is -0.739. The number of hydrogen-bond donors (Lipinski definition) is 0. The van der Waals surface area contributed by atoms with Crippen molar-refractivity contribution < 1.29 is 14.3 Å². The summed E-state index contributed by atoms with van der Waals surface area (Å²) in [5.41, 5.74) is 1.90. The first-order valence-electron chi connectivity index (χ1n) is 9.44. The molecule has 0 bridgehead atoms. The number of carbonyl (C=O) groups is 1. The number of nitrogens with zero attached hydrogens (tertiary/aromatic N) is 2. The molecule has 4 rings (SSSR count). The SMILES string of the molecule is COC(=O)C1=C(C)N=c2s/c(=C\c3ccccc3OC)c(=O)n2C1c1ccccc1Cl. The van der Waals surface area contributed by atoms with Gasteiger partial charge in [-0.2, -0.15) is 0 Å². The van der Waals surface area contributed by atoms with Crippen molar-refractivity contribution in [3.8, 4) is 5.75 Å². The molecule has 1 unspecified atom stereocenters. The van der Waals surface area contributed by atoms with Crippen LogP contribution >= 0.6 is 22.9 Å². The highest BCUT2D eigenvalue weighted by Gasteiger charge is 2.34. The number of thiazole rings is 1. The van der Waals surface area contributed by atoms with Crippen molar-refractivity contribution in [2.45, 2.75) is 13.0 Å². The van der Waals surface area contributed by atoms with Gasteiger partial charge in [0.15, 0.2) is 4.80 Å². The zero-order valence-corrected chi connectivity index (χ0v) is 18.7. The van der Waals surface area contributed by atoms with Gasteiger partial charge in [0.25, 0.3) is 5.56 Å². The second-order valence-corrected chi connectivity index (χ2v) is 8.25. The fourth-order valence-electron chi connectivity index (χ4n) is 3.61. The normalized spacial score (nSPS) is 16.0. The summed E-state index contributed by atoms with van der Waals surface area (Å²) in [6, 6.07) is 13.8. The molecule has 0 amide bonds. The van der Waals surface area contributed by atoms with Crippen LogP contribution in [0, 0.1) is 0 Å². The first kappa shape index (κ1) is 21.1. The molecule has 3 aromatic rings. The molecule has 1 atom stereocenters. The van der Waals surface area contributed by atoms with E-state index in [9.17, 15) is 9.59 Å². The van der Waals surface area contributed by atoms with Crippen LogP contribution < -0.4 is 19.6 Å². The van der Waals surface area contributed by atoms with Gasteiger partial charge in [0, 0.05) is 10.6 Å². The molecule has 0 radical (unpaired) electrons. The number of aromatic nitrogens is 1. The van der Waals surface area contributed by atoms with E-state index in [0.717, 1.165) is 5.56 Å². The Bertz CT molecular complexity index is 1390. The molecule has 0 N–H and O–H groups in total. The first-order valence-corrected chi connectivity index (χ1v) is 10.6. The van der Waals surface area contributed by atoms with Gasteiger partial charge in [0.2, 0.25) is 0 Å². The van der Waals surface area contributed by atoms with Crippen molar-refractivity contribution in [2.24, 2.45) is 4.99 Å². The van der Waals surface area contributed by atoms with E-state index in [4.69, 9.17) is 21.1 Å². The van der Waals surface area contributed by atoms with Gasteiger partial charge in [-0.1, -0.05) is 59.3 Å². The number of hydrogen-bond acceptors (Lipinski definition) is 6. The van der Waals surface area contributed by atoms with Crippen molar-refractivity contribution in [1.29, 1.82) is 0 Å². The standard InChI is InChI=1S/C23H19ClN2O4S/c1-13-19(22(28)30-3)20(15-9-5-6-10-16(15)24)26-21(27)18(31-23(26)25-13)12-14-8-4-7-11-17(14)29-2/h4-12,20H,1-3H3/b18-12-. The van der Waals surface area contributed by atoms with Crippen LogP contribution in [0.2, 0.25) is 5.02 Å². The molecule has 6 nitrogen and oxygen atoms in total. The molecular weight excluding hydrogens is 436 g/mol. The maximum Gasteiger partial charge on any atom is 0.338 e. The van der Waals surface area contributed by atoms with E-state index in [0.29, 0.717) is 31.4 Å². The van der Waals surface area contributed by atoms with E-state index in [1.165, 1.54) is 23.0 Å². The van der Waals surface area contributed by atoms with Gasteiger partial charge in [-0.05, 0) is 30.7 Å². The van der Waals surface area contributed by atoms with Gasteiger partial charge < -0.3 is 9.47 Å². The predicted octanol–water partition coefficient (Wildman–Crippen LogP) is 3.07. The lowest BCUT2D eigenvalue weighted by atomic mass is 9.96. The van der Waals surface area contributed by atoms with Crippen molar-refractivity contribution in [3.63, 3.8) is 0 Å². The number of ether oxygens (including phenoxy) is 2. The van der Waals surface area contributed by atoms with Crippen LogP contribution in [0.4, 0.5) is 0 Å². The van der Waals surface area contributed by atoms with Crippen LogP contribution in [0.3, 0.4) is 0 Å². The van der Waals surface area contributed by atoms with Gasteiger partial charge in [-0.3, -0.25) is 9.36 Å². The van der Waals surface area contributed by atoms with Gasteiger partial charge in [-0.15, -0.1) is 0 Å². The van der Waals surface area contributed by atoms with E-state index in [1.54, 1.807) is 38.3 Å². The van der Waals surface area contributed by atoms with E-state index in [2.05, 4.69) is 4.99 Å². The summed E-state index contributed by atoms with van der Waals surface area (Å²) in [5.74, 6) is 0.104. The lowest BCUT2D eigenvalue weighted by molar-refractivity contribution is -0.136. The van der Waals surface area contributed by atoms with Crippen LogP contribution in [0.1, 0.15) is 24.1 Å². The quantitative estimate of drug-likeness (QED) is 0.568. The minimum absolute atomic E-state index is 0.270. The molecule has 2 aromatic carbocycles. The number of rotatable bonds is 4. The van der Waals surface area contributed by atoms with Gasteiger partial charge in [0.1, 0.15) is 11.8 Å². The van der Waals surface area contributed by atoms with Gasteiger partial charge >= 0.3 is 5.97 Å². The van der Waals surface area contributed by atoms with Crippen LogP contribution in [0.25, 0.3) is 6.08 Å². The molecule has 0 fully saturated rings. The molecule has 2 heterocycles. The molecule has 0 saturated heterocycles. The Kier molecular flexibility index (Phi) is 5.80. The number of carbonyl (C=O) groups excluding carboxylic acids is 1. The Hall–Kier alpha value is -3.16. The van der Waals surface area contributed by atoms with Gasteiger partial charge in [0.05, 0.1) is 30.0 Å². The zero-order valence-electron chi connectivity index (χ0n) is 17.1. The molecule has 158 valence electrons. The molecule has 1 aromatic heterocycles. The predicted molar refractivity (Wildman–Crippen MR) is 120 cm³/mol. The van der Waals surface area contributed by atoms with Crippen molar-refractivity contribution in [2.75, 3.05) is 14.2 Å². The smallest absolute Gasteiger partial charge is 0.338 e. The highest BCUT2D eigenvalue weighted by Crippen LogP contribution is 2.34. The summed E-state index contributed by atoms with van der Waals surface area (Å²) in [5, 5.41) is 0.447. The lowest BCUT2D eigenvalue weighted by Gasteiger charge is -2.25. The third-order valence-electron chi connectivity index (χ3n) is 5.05. The molecule has 0 aliphatic carbocycles. The van der Waals surface area contributed by atoms with Crippen LogP contribution in [-0.4, -0.2) is 24.8 Å². The van der Waals surface area contributed by atoms with E-state index in [1.807, 2.05) is 30.3 Å². The van der Waals surface area contributed by atoms with Crippen LogP contribution in [-0.2, 0) is 9.53 Å². The summed E-state index contributed by atoms with van der Waals surface area (Å²) in [6.07, 6.45) is 1.77. The average Bonchev–Trinajstić information content (AvgIpc) is 3.07. The summed E-state index contributed by atoms with van der Waals surface area (Å²) < 4.78 is 12.4. The summed E-state index contributed by atoms with van der Waals surface area (Å²) >= 11 is 7.72. The first-order chi connectivity index (χ1) is 15.0. The Labute approximate surface area is 187 Å². The van der Waals surface area contributed by atoms with Crippen molar-refractivity contribution in [3.05, 3.63) is 95.6 Å². The number of allylic oxidation sites excluding steroid dienone is 1. The molecule has 8 heteroatoms. The summed E-state index contributed by atoms with van der Waals surface area (Å²) in [7, 11) is 2.89. The highest BCUT2D eigenvalue weighted by atomic mass is 35.5. The van der Waals surface area contributed by atoms with Crippen LogP contribution in [0.5, 0.6) is 5.75 Å². The summed E-state index contributed by atoms with van der Waals surface area (Å²) in [6.45, 7) is 1.73. The zero-order chi connectivity index (χ0) is 22.1. The van der Waals surface area contributed by atoms with E-state index >= 15 is 0 Å². The molecule has 1 aliphatic heterocycles. The molecule has 0 saturated carbocycles. The van der Waals surface area contributed by atoms with E-state index < -0.39 is 12.0 Å². The maximum absolute atomic E-state index is 13.5. The van der Waals surface area contributed by atoms with E-state index in [-0.39, 0.29) is 11.1 Å². The molecule has 1 aliphatic rings. The Morgan fingerprint density at radius 2 is 1.87 bits per heavy atom. The fraction of sp³-hybridized carbons (Fsp3) is 0.174. The minimum Gasteiger partial charge on any atom is -0.496 e. The number of esters is 1. The highest BCUT2D eigenvalue weighted by molar-refractivity contribution is 7.07. The number of fused-ring (bicyclic) bond motifs is 1. The largest absolute Gasteiger partial charge is 0.496 e. The Balaban J connectivity index is 2.01. The average molecular weight is 455 g/mol. The second-order valence-electron chi connectivity index (χ2n) is 6.84. The summed E-state index contributed by atoms with van der Waals surface area (Å²) in [4.78, 5) is 31.2. The Morgan fingerprint density at radius 3 is 2.58 bits per heavy atom. The molecule has 31 heavy (non-hydrogen) atoms. The third kappa shape index (κ3) is 3.71. The fourth-order valence-corrected chi connectivity index (χ4v) is 4.89. The molecular formula is C23H19ClN2O4S. The number of methoxy groups -OCH3 is 2. The number of halogens is 1. The topological polar surface area (TPSA) is 69.9 Å². The number of benzene rings is 2. The van der Waals surface area contributed by atoms with Crippen molar-refractivity contribution in [1.82, 2.24) is 4.57 Å². The van der Waals surface area contributed by atoms with Crippen LogP contribution in [0.15, 0.2) is 69.6 Å². The number of para-hydroxylation sites is 1. The Morgan fingerprint density at radius 1 is 1.16 bits per heavy atom. The maximum atomic E-state index is 13.5. The van der Waals surface area contributed by atoms with Crippen molar-refractivity contribution >= 4 is 35.0 Å². The van der Waals surface area contributed by atoms with Gasteiger partial charge in [-0.25, -0.2) is 9.79 Å². The second kappa shape index (κ2) is 8.53. The molecule has 0 spiro atoms. The third-order valence-corrected chi connectivity index (χ3v) is 6.38. The lowest BCUT2D eigenvalue weighted by Crippen LogP contribution is -2.39. The monoisotopic (exact) mass is 454 g/mol.